The topological polar surface area (TPSA) is 29.9 Å². The minimum absolute atomic E-state index is 0.845. The molecule has 0 bridgehead atoms. The Kier molecular flexibility index (Phi) is 2.63. The third kappa shape index (κ3) is 1.82. The van der Waals surface area contributed by atoms with Crippen molar-refractivity contribution in [3.8, 4) is 11.3 Å². The van der Waals surface area contributed by atoms with E-state index in [1.54, 1.807) is 0 Å². The van der Waals surface area contributed by atoms with Crippen LogP contribution in [-0.2, 0) is 7.05 Å². The lowest BCUT2D eigenvalue weighted by Crippen LogP contribution is -2.30. The molecule has 3 rings (SSSR count). The van der Waals surface area contributed by atoms with E-state index in [1.165, 1.54) is 28.6 Å². The first-order chi connectivity index (χ1) is 9.08. The van der Waals surface area contributed by atoms with Crippen LogP contribution in [-0.4, -0.2) is 4.98 Å². The summed E-state index contributed by atoms with van der Waals surface area (Å²) in [5, 5.41) is 0. The lowest BCUT2D eigenvalue weighted by atomic mass is 9.97. The van der Waals surface area contributed by atoms with Crippen LogP contribution in [0.1, 0.15) is 16.7 Å². The Labute approximate surface area is 112 Å². The van der Waals surface area contributed by atoms with Crippen LogP contribution in [0.4, 0.5) is 0 Å². The molecule has 96 valence electrons. The van der Waals surface area contributed by atoms with E-state index in [4.69, 9.17) is 4.42 Å². The summed E-state index contributed by atoms with van der Waals surface area (Å²) in [5.74, 6) is 0. The molecule has 2 aromatic heterocycles. The second-order valence-corrected chi connectivity index (χ2v) is 5.10. The minimum Gasteiger partial charge on any atom is -0.436 e. The highest BCUT2D eigenvalue weighted by atomic mass is 16.3. The highest BCUT2D eigenvalue weighted by Crippen LogP contribution is 2.29. The van der Waals surface area contributed by atoms with Crippen molar-refractivity contribution in [2.75, 3.05) is 0 Å². The maximum atomic E-state index is 5.59. The van der Waals surface area contributed by atoms with E-state index in [2.05, 4.69) is 42.5 Å². The molecule has 19 heavy (non-hydrogen) atoms. The average molecular weight is 253 g/mol. The zero-order chi connectivity index (χ0) is 13.6. The van der Waals surface area contributed by atoms with Gasteiger partial charge in [-0.25, -0.2) is 4.98 Å². The van der Waals surface area contributed by atoms with E-state index in [0.717, 1.165) is 16.8 Å². The predicted octanol–water partition coefficient (Wildman–Crippen LogP) is 3.24. The molecule has 0 radical (unpaired) electrons. The van der Waals surface area contributed by atoms with E-state index in [1.807, 2.05) is 19.3 Å². The summed E-state index contributed by atoms with van der Waals surface area (Å²) in [6.45, 7) is 6.42. The van der Waals surface area contributed by atoms with Crippen molar-refractivity contribution in [2.24, 2.45) is 7.05 Å². The molecule has 0 spiro atoms. The van der Waals surface area contributed by atoms with Crippen LogP contribution in [0.15, 0.2) is 35.2 Å². The summed E-state index contributed by atoms with van der Waals surface area (Å²) in [6, 6.07) is 6.39. The maximum absolute atomic E-state index is 5.59. The Hall–Kier alpha value is -2.16. The molecular formula is C16H17N2O+. The summed E-state index contributed by atoms with van der Waals surface area (Å²) in [4.78, 5) is 4.24. The lowest BCUT2D eigenvalue weighted by Gasteiger charge is -2.09. The monoisotopic (exact) mass is 253 g/mol. The van der Waals surface area contributed by atoms with Gasteiger partial charge < -0.3 is 4.42 Å². The molecule has 0 atom stereocenters. The standard InChI is InChI=1S/C16H17N2O/c1-10-7-11(2)12(3)13(8-10)15-16-14(17-9-19-16)5-6-18(15)4/h5-9H,1-4H3/q+1. The van der Waals surface area contributed by atoms with Crippen molar-refractivity contribution < 1.29 is 8.98 Å². The van der Waals surface area contributed by atoms with E-state index in [-0.39, 0.29) is 0 Å². The molecule has 0 aliphatic heterocycles. The summed E-state index contributed by atoms with van der Waals surface area (Å²) in [5.41, 5.74) is 7.87. The van der Waals surface area contributed by atoms with Crippen molar-refractivity contribution in [1.82, 2.24) is 4.98 Å². The van der Waals surface area contributed by atoms with Crippen molar-refractivity contribution in [2.45, 2.75) is 20.8 Å². The van der Waals surface area contributed by atoms with Gasteiger partial charge in [-0.2, -0.15) is 4.57 Å². The molecule has 3 nitrogen and oxygen atoms in total. The first kappa shape index (κ1) is 11.9. The second-order valence-electron chi connectivity index (χ2n) is 5.10. The van der Waals surface area contributed by atoms with Gasteiger partial charge in [0.2, 0.25) is 5.58 Å². The van der Waals surface area contributed by atoms with Crippen LogP contribution in [0.5, 0.6) is 0 Å². The number of oxazole rings is 1. The van der Waals surface area contributed by atoms with Gasteiger partial charge in [0.25, 0.3) is 5.69 Å². The predicted molar refractivity (Wildman–Crippen MR) is 74.8 cm³/mol. The summed E-state index contributed by atoms with van der Waals surface area (Å²) in [7, 11) is 2.04. The number of aromatic nitrogens is 2. The number of nitrogens with zero attached hydrogens (tertiary/aromatic N) is 2. The number of pyridine rings is 1. The molecule has 3 heteroatoms. The zero-order valence-corrected chi connectivity index (χ0v) is 11.7. The summed E-state index contributed by atoms with van der Waals surface area (Å²) >= 11 is 0. The van der Waals surface area contributed by atoms with E-state index in [0.29, 0.717) is 0 Å². The quantitative estimate of drug-likeness (QED) is 0.623. The third-order valence-corrected chi connectivity index (χ3v) is 3.69. The smallest absolute Gasteiger partial charge is 0.257 e. The molecule has 0 saturated heterocycles. The highest BCUT2D eigenvalue weighted by Gasteiger charge is 2.21. The summed E-state index contributed by atoms with van der Waals surface area (Å²) in [6.07, 6.45) is 3.53. The minimum atomic E-state index is 0.845. The Morgan fingerprint density at radius 1 is 1.16 bits per heavy atom. The van der Waals surface area contributed by atoms with E-state index in [9.17, 15) is 0 Å². The Morgan fingerprint density at radius 3 is 2.74 bits per heavy atom. The number of rotatable bonds is 1. The maximum Gasteiger partial charge on any atom is 0.257 e. The molecule has 0 N–H and O–H groups in total. The molecule has 1 aromatic carbocycles. The van der Waals surface area contributed by atoms with Gasteiger partial charge >= 0.3 is 0 Å². The Morgan fingerprint density at radius 2 is 1.95 bits per heavy atom. The largest absolute Gasteiger partial charge is 0.436 e. The molecule has 0 aliphatic carbocycles. The van der Waals surface area contributed by atoms with Gasteiger partial charge in [0.15, 0.2) is 12.6 Å². The van der Waals surface area contributed by atoms with Crippen molar-refractivity contribution >= 4 is 11.1 Å². The average Bonchev–Trinajstić information content (AvgIpc) is 2.82. The highest BCUT2D eigenvalue weighted by molar-refractivity contribution is 5.86. The number of hydrogen-bond acceptors (Lipinski definition) is 2. The van der Waals surface area contributed by atoms with Crippen LogP contribution in [0.2, 0.25) is 0 Å². The van der Waals surface area contributed by atoms with Gasteiger partial charge in [0.05, 0.1) is 5.56 Å². The molecule has 3 aromatic rings. The number of hydrogen-bond donors (Lipinski definition) is 0. The third-order valence-electron chi connectivity index (χ3n) is 3.69. The fourth-order valence-electron chi connectivity index (χ4n) is 2.57. The fraction of sp³-hybridized carbons (Fsp3) is 0.250. The van der Waals surface area contributed by atoms with Gasteiger partial charge in [-0.15, -0.1) is 0 Å². The van der Waals surface area contributed by atoms with Gasteiger partial charge in [-0.05, 0) is 38.0 Å². The Balaban J connectivity index is 2.42. The van der Waals surface area contributed by atoms with Crippen LogP contribution in [0.3, 0.4) is 0 Å². The lowest BCUT2D eigenvalue weighted by molar-refractivity contribution is -0.659. The second kappa shape index (κ2) is 4.19. The van der Waals surface area contributed by atoms with Crippen molar-refractivity contribution in [1.29, 1.82) is 0 Å². The van der Waals surface area contributed by atoms with E-state index >= 15 is 0 Å². The molecule has 2 heterocycles. The molecular weight excluding hydrogens is 236 g/mol. The Bertz CT molecular complexity index is 772. The van der Waals surface area contributed by atoms with Gasteiger partial charge in [0.1, 0.15) is 12.6 Å². The van der Waals surface area contributed by atoms with Gasteiger partial charge in [-0.3, -0.25) is 0 Å². The first-order valence-corrected chi connectivity index (χ1v) is 6.38. The van der Waals surface area contributed by atoms with Crippen LogP contribution < -0.4 is 4.57 Å². The number of benzene rings is 1. The van der Waals surface area contributed by atoms with Crippen LogP contribution in [0, 0.1) is 20.8 Å². The molecule has 0 aliphatic rings. The van der Waals surface area contributed by atoms with Crippen LogP contribution in [0.25, 0.3) is 22.4 Å². The van der Waals surface area contributed by atoms with Gasteiger partial charge in [-0.1, -0.05) is 11.6 Å². The van der Waals surface area contributed by atoms with Crippen LogP contribution >= 0.6 is 0 Å². The van der Waals surface area contributed by atoms with Crippen molar-refractivity contribution in [3.05, 3.63) is 47.5 Å². The number of aryl methyl sites for hydroxylation is 3. The normalized spacial score (nSPS) is 11.2. The summed E-state index contributed by atoms with van der Waals surface area (Å²) < 4.78 is 7.68. The molecule has 0 unspecified atom stereocenters. The molecule has 0 saturated carbocycles. The number of fused-ring (bicyclic) bond motifs is 1. The molecule has 0 fully saturated rings. The fourth-order valence-corrected chi connectivity index (χ4v) is 2.57. The van der Waals surface area contributed by atoms with E-state index < -0.39 is 0 Å². The molecule has 0 amide bonds. The zero-order valence-electron chi connectivity index (χ0n) is 11.7. The van der Waals surface area contributed by atoms with Crippen molar-refractivity contribution in [3.63, 3.8) is 0 Å². The first-order valence-electron chi connectivity index (χ1n) is 6.38. The SMILES string of the molecule is Cc1cc(C)c(C)c(-c2c3ocnc3cc[n+]2C)c1. The van der Waals surface area contributed by atoms with Gasteiger partial charge in [0, 0.05) is 6.07 Å².